The van der Waals surface area contributed by atoms with Crippen molar-refractivity contribution < 1.29 is 13.9 Å². The van der Waals surface area contributed by atoms with E-state index in [9.17, 15) is 9.59 Å². The van der Waals surface area contributed by atoms with E-state index in [4.69, 9.17) is 9.15 Å². The lowest BCUT2D eigenvalue weighted by atomic mass is 10.0. The molecule has 7 nitrogen and oxygen atoms in total. The van der Waals surface area contributed by atoms with Crippen molar-refractivity contribution in [2.24, 2.45) is 0 Å². The minimum absolute atomic E-state index is 0.0556. The molecule has 3 aromatic heterocycles. The molecule has 1 fully saturated rings. The number of hydrogen-bond donors (Lipinski definition) is 1. The van der Waals surface area contributed by atoms with E-state index >= 15 is 0 Å². The Morgan fingerprint density at radius 3 is 2.49 bits per heavy atom. The quantitative estimate of drug-likeness (QED) is 0.223. The van der Waals surface area contributed by atoms with Crippen LogP contribution < -0.4 is 15.6 Å². The Hall–Kier alpha value is -4.53. The average molecular weight is 592 g/mol. The maximum Gasteiger partial charge on any atom is 0.228 e. The number of aryl methyl sites for hydroxylation is 1. The zero-order valence-electron chi connectivity index (χ0n) is 24.5. The summed E-state index contributed by atoms with van der Waals surface area (Å²) in [6.07, 6.45) is 3.77. The van der Waals surface area contributed by atoms with Crippen LogP contribution in [0.2, 0.25) is 0 Å². The number of rotatable bonds is 5. The molecule has 3 aromatic carbocycles. The summed E-state index contributed by atoms with van der Waals surface area (Å²) in [5, 5.41) is 5.76. The van der Waals surface area contributed by atoms with Crippen LogP contribution in [0, 0.1) is 6.92 Å². The summed E-state index contributed by atoms with van der Waals surface area (Å²) >= 11 is 1.69. The molecule has 0 atom stereocenters. The molecule has 7 rings (SSSR count). The molecule has 1 aliphatic heterocycles. The van der Waals surface area contributed by atoms with Crippen molar-refractivity contribution in [3.05, 3.63) is 100 Å². The maximum absolute atomic E-state index is 13.1. The third kappa shape index (κ3) is 5.76. The number of anilines is 2. The van der Waals surface area contributed by atoms with Crippen LogP contribution >= 0.6 is 11.3 Å². The van der Waals surface area contributed by atoms with Gasteiger partial charge in [0.2, 0.25) is 5.91 Å². The summed E-state index contributed by atoms with van der Waals surface area (Å²) in [7, 11) is 0. The van der Waals surface area contributed by atoms with E-state index in [1.165, 1.54) is 0 Å². The summed E-state index contributed by atoms with van der Waals surface area (Å²) in [6.45, 7) is 8.55. The number of carbonyl (C=O) groups excluding carboxylic acids is 1. The van der Waals surface area contributed by atoms with Gasteiger partial charge in [-0.2, -0.15) is 0 Å². The van der Waals surface area contributed by atoms with Crippen molar-refractivity contribution >= 4 is 60.0 Å². The number of morpholine rings is 1. The summed E-state index contributed by atoms with van der Waals surface area (Å²) < 4.78 is 14.1. The molecule has 0 unspecified atom stereocenters. The summed E-state index contributed by atoms with van der Waals surface area (Å²) in [5.74, 6) is 0.488. The van der Waals surface area contributed by atoms with Crippen LogP contribution in [0.25, 0.3) is 42.3 Å². The second-order valence-corrected chi connectivity index (χ2v) is 11.4. The van der Waals surface area contributed by atoms with Gasteiger partial charge in [-0.05, 0) is 42.3 Å². The number of ether oxygens (including phenoxy) is 1. The van der Waals surface area contributed by atoms with Crippen molar-refractivity contribution in [2.75, 3.05) is 36.5 Å². The molecular formula is C35H33N3O4S. The molecule has 0 radical (unpaired) electrons. The molecule has 1 amide bonds. The number of pyridine rings is 1. The zero-order chi connectivity index (χ0) is 29.9. The van der Waals surface area contributed by atoms with E-state index in [0.29, 0.717) is 43.2 Å². The number of fused-ring (bicyclic) bond motifs is 4. The maximum atomic E-state index is 13.1. The van der Waals surface area contributed by atoms with Crippen molar-refractivity contribution in [3.8, 4) is 11.1 Å². The third-order valence-electron chi connectivity index (χ3n) is 7.43. The Kier molecular flexibility index (Phi) is 8.22. The second-order valence-electron chi connectivity index (χ2n) is 10.3. The Balaban J connectivity index is 0.00000161. The zero-order valence-corrected chi connectivity index (χ0v) is 25.3. The molecule has 1 N–H and O–H groups in total. The first-order chi connectivity index (χ1) is 21.0. The van der Waals surface area contributed by atoms with Crippen LogP contribution in [0.5, 0.6) is 0 Å². The minimum Gasteiger partial charge on any atom is -0.440 e. The number of carbonyl (C=O) groups is 1. The van der Waals surface area contributed by atoms with Crippen LogP contribution in [-0.4, -0.2) is 37.2 Å². The topological polar surface area (TPSA) is 84.7 Å². The molecule has 43 heavy (non-hydrogen) atoms. The predicted octanol–water partition coefficient (Wildman–Crippen LogP) is 7.58. The van der Waals surface area contributed by atoms with Crippen LogP contribution in [-0.2, 0) is 16.0 Å². The van der Waals surface area contributed by atoms with Crippen molar-refractivity contribution in [1.82, 2.24) is 4.98 Å². The highest BCUT2D eigenvalue weighted by Crippen LogP contribution is 2.42. The summed E-state index contributed by atoms with van der Waals surface area (Å²) in [5.41, 5.74) is 5.08. The van der Waals surface area contributed by atoms with Gasteiger partial charge >= 0.3 is 0 Å². The number of thiophene rings is 1. The largest absolute Gasteiger partial charge is 0.440 e. The lowest BCUT2D eigenvalue weighted by molar-refractivity contribution is -0.115. The number of nitrogens with one attached hydrogen (secondary N) is 1. The van der Waals surface area contributed by atoms with Gasteiger partial charge in [0.05, 0.1) is 25.0 Å². The number of para-hydroxylation sites is 1. The standard InChI is InChI=1S/C33H27N3O4S.C2H6/c1-20-14-21(19-34-18-20)15-30(38)35-22-8-9-29-27(16-22)25-6-3-5-24(33(25)41-29)23-4-2-7-26-28(37)17-31(40-32(23)26)36-10-12-39-13-11-36;1-2/h2-9,14,16-19H,10-13,15H2,1H3,(H,35,38);1-2H3. The molecule has 8 heteroatoms. The molecular weight excluding hydrogens is 558 g/mol. The van der Waals surface area contributed by atoms with Gasteiger partial charge in [0.1, 0.15) is 5.58 Å². The Bertz CT molecular complexity index is 2010. The molecule has 0 aliphatic carbocycles. The molecule has 6 aromatic rings. The van der Waals surface area contributed by atoms with Crippen LogP contribution in [0.4, 0.5) is 11.6 Å². The molecule has 0 saturated carbocycles. The second kappa shape index (κ2) is 12.4. The van der Waals surface area contributed by atoms with E-state index in [2.05, 4.69) is 27.3 Å². The van der Waals surface area contributed by atoms with Crippen molar-refractivity contribution in [1.29, 1.82) is 0 Å². The van der Waals surface area contributed by atoms with Gasteiger partial charge in [-0.3, -0.25) is 14.6 Å². The summed E-state index contributed by atoms with van der Waals surface area (Å²) in [4.78, 5) is 32.2. The fourth-order valence-corrected chi connectivity index (χ4v) is 6.72. The number of hydrogen-bond acceptors (Lipinski definition) is 7. The van der Waals surface area contributed by atoms with E-state index in [-0.39, 0.29) is 17.8 Å². The highest BCUT2D eigenvalue weighted by atomic mass is 32.1. The van der Waals surface area contributed by atoms with E-state index < -0.39 is 0 Å². The lowest BCUT2D eigenvalue weighted by Crippen LogP contribution is -2.36. The van der Waals surface area contributed by atoms with Crippen molar-refractivity contribution in [3.63, 3.8) is 0 Å². The van der Waals surface area contributed by atoms with E-state index in [1.54, 1.807) is 29.8 Å². The van der Waals surface area contributed by atoms with Crippen LogP contribution in [0.3, 0.4) is 0 Å². The van der Waals surface area contributed by atoms with Gasteiger partial charge in [-0.15, -0.1) is 11.3 Å². The predicted molar refractivity (Wildman–Crippen MR) is 176 cm³/mol. The number of benzene rings is 3. The number of amides is 1. The molecule has 0 spiro atoms. The smallest absolute Gasteiger partial charge is 0.228 e. The molecule has 1 saturated heterocycles. The SMILES string of the molecule is CC.Cc1cncc(CC(=O)Nc2ccc3sc4c(-c5cccc6c(=O)cc(N7CCOCC7)oc56)cccc4c3c2)c1. The number of aromatic nitrogens is 1. The Labute approximate surface area is 253 Å². The summed E-state index contributed by atoms with van der Waals surface area (Å²) in [6, 6.07) is 21.5. The first kappa shape index (κ1) is 28.6. The first-order valence-corrected chi connectivity index (χ1v) is 15.4. The lowest BCUT2D eigenvalue weighted by Gasteiger charge is -2.27. The average Bonchev–Trinajstić information content (AvgIpc) is 3.40. The Morgan fingerprint density at radius 1 is 0.930 bits per heavy atom. The van der Waals surface area contributed by atoms with Crippen molar-refractivity contribution in [2.45, 2.75) is 27.2 Å². The minimum atomic E-state index is -0.0844. The highest BCUT2D eigenvalue weighted by molar-refractivity contribution is 7.26. The third-order valence-corrected chi connectivity index (χ3v) is 8.65. The van der Waals surface area contributed by atoms with Gasteiger partial charge < -0.3 is 19.4 Å². The first-order valence-electron chi connectivity index (χ1n) is 14.6. The van der Waals surface area contributed by atoms with Gasteiger partial charge in [0, 0.05) is 68.5 Å². The molecule has 1 aliphatic rings. The van der Waals surface area contributed by atoms with E-state index in [0.717, 1.165) is 48.1 Å². The highest BCUT2D eigenvalue weighted by Gasteiger charge is 2.19. The monoisotopic (exact) mass is 591 g/mol. The fourth-order valence-electron chi connectivity index (χ4n) is 5.51. The normalized spacial score (nSPS) is 13.2. The molecule has 218 valence electrons. The van der Waals surface area contributed by atoms with Gasteiger partial charge in [-0.1, -0.05) is 50.2 Å². The fraction of sp³-hybridized carbons (Fsp3) is 0.229. The van der Waals surface area contributed by atoms with Crippen LogP contribution in [0.1, 0.15) is 25.0 Å². The van der Waals surface area contributed by atoms with Gasteiger partial charge in [0.25, 0.3) is 0 Å². The van der Waals surface area contributed by atoms with Gasteiger partial charge in [0.15, 0.2) is 11.3 Å². The van der Waals surface area contributed by atoms with Gasteiger partial charge in [-0.25, -0.2) is 0 Å². The van der Waals surface area contributed by atoms with Crippen LogP contribution in [0.15, 0.2) is 88.3 Å². The number of nitrogens with zero attached hydrogens (tertiary/aromatic N) is 2. The molecule has 0 bridgehead atoms. The Morgan fingerprint density at radius 2 is 1.70 bits per heavy atom. The molecule has 4 heterocycles. The van der Waals surface area contributed by atoms with E-state index in [1.807, 2.05) is 69.3 Å².